The normalized spacial score (nSPS) is 12.9. The Morgan fingerprint density at radius 1 is 1.15 bits per heavy atom. The fourth-order valence-electron chi connectivity index (χ4n) is 1.70. The number of rotatable bonds is 4. The van der Waals surface area contributed by atoms with Gasteiger partial charge in [0.25, 0.3) is 10.0 Å². The highest BCUT2D eigenvalue weighted by Crippen LogP contribution is 2.20. The second kappa shape index (κ2) is 5.95. The van der Waals surface area contributed by atoms with Crippen LogP contribution in [0.2, 0.25) is 0 Å². The van der Waals surface area contributed by atoms with E-state index in [1.807, 2.05) is 13.0 Å². The molecule has 0 aromatic heterocycles. The van der Waals surface area contributed by atoms with Crippen molar-refractivity contribution >= 4 is 31.6 Å². The Labute approximate surface area is 127 Å². The fraction of sp³-hybridized carbons (Fsp3) is 0.143. The number of nitrogens with two attached hydrogens (primary N) is 1. The average Bonchev–Trinajstić information content (AvgIpc) is 2.41. The van der Waals surface area contributed by atoms with E-state index in [1.54, 1.807) is 42.5 Å². The van der Waals surface area contributed by atoms with Crippen LogP contribution in [0.4, 0.5) is 5.69 Å². The molecule has 0 aliphatic carbocycles. The second-order valence-electron chi connectivity index (χ2n) is 4.47. The van der Waals surface area contributed by atoms with Gasteiger partial charge in [0.2, 0.25) is 0 Å². The second-order valence-corrected chi connectivity index (χ2v) is 7.07. The molecule has 2 aromatic carbocycles. The van der Waals surface area contributed by atoms with Gasteiger partial charge in [-0.3, -0.25) is 4.72 Å². The van der Waals surface area contributed by atoms with Gasteiger partial charge in [-0.1, -0.05) is 28.1 Å². The van der Waals surface area contributed by atoms with Crippen LogP contribution < -0.4 is 10.5 Å². The monoisotopic (exact) mass is 354 g/mol. The van der Waals surface area contributed by atoms with E-state index in [0.29, 0.717) is 5.69 Å². The van der Waals surface area contributed by atoms with Crippen LogP contribution in [0.25, 0.3) is 0 Å². The van der Waals surface area contributed by atoms with E-state index in [4.69, 9.17) is 5.73 Å². The van der Waals surface area contributed by atoms with Crippen molar-refractivity contribution in [1.82, 2.24) is 0 Å². The third-order valence-corrected chi connectivity index (χ3v) is 4.70. The van der Waals surface area contributed by atoms with Crippen molar-refractivity contribution in [3.8, 4) is 0 Å². The fourth-order valence-corrected chi connectivity index (χ4v) is 3.07. The number of nitrogens with one attached hydrogen (secondary N) is 1. The molecule has 0 spiro atoms. The van der Waals surface area contributed by atoms with Gasteiger partial charge in [0.1, 0.15) is 0 Å². The molecular weight excluding hydrogens is 340 g/mol. The van der Waals surface area contributed by atoms with Gasteiger partial charge in [0.05, 0.1) is 4.90 Å². The smallest absolute Gasteiger partial charge is 0.261 e. The minimum atomic E-state index is -3.60. The van der Waals surface area contributed by atoms with Crippen LogP contribution >= 0.6 is 15.9 Å². The maximum Gasteiger partial charge on any atom is 0.261 e. The maximum absolute atomic E-state index is 12.3. The van der Waals surface area contributed by atoms with Crippen LogP contribution in [0.1, 0.15) is 18.5 Å². The highest BCUT2D eigenvalue weighted by Gasteiger charge is 2.15. The lowest BCUT2D eigenvalue weighted by atomic mass is 10.1. The van der Waals surface area contributed by atoms with Gasteiger partial charge in [-0.2, -0.15) is 0 Å². The molecule has 0 bridgehead atoms. The molecule has 2 aromatic rings. The van der Waals surface area contributed by atoms with Crippen molar-refractivity contribution in [3.63, 3.8) is 0 Å². The summed E-state index contributed by atoms with van der Waals surface area (Å²) in [6.45, 7) is 1.81. The molecule has 1 unspecified atom stereocenters. The molecule has 0 fully saturated rings. The van der Waals surface area contributed by atoms with Crippen molar-refractivity contribution in [2.75, 3.05) is 4.72 Å². The standard InChI is InChI=1S/C14H15BrN2O2S/c1-10(16)11-3-2-4-14(9-11)20(18,19)17-13-7-5-12(15)6-8-13/h2-10,17H,16H2,1H3. The minimum absolute atomic E-state index is 0.204. The van der Waals surface area contributed by atoms with E-state index in [1.165, 1.54) is 0 Å². The van der Waals surface area contributed by atoms with Gasteiger partial charge in [-0.05, 0) is 48.9 Å². The van der Waals surface area contributed by atoms with E-state index in [0.717, 1.165) is 10.0 Å². The Bertz CT molecular complexity index is 697. The molecule has 2 rings (SSSR count). The predicted octanol–water partition coefficient (Wildman–Crippen LogP) is 3.27. The summed E-state index contributed by atoms with van der Waals surface area (Å²) in [5.41, 5.74) is 7.07. The molecule has 0 aliphatic heterocycles. The Hall–Kier alpha value is -1.37. The Balaban J connectivity index is 2.30. The third kappa shape index (κ3) is 3.59. The zero-order valence-electron chi connectivity index (χ0n) is 10.9. The summed E-state index contributed by atoms with van der Waals surface area (Å²) >= 11 is 3.30. The molecule has 1 atom stereocenters. The lowest BCUT2D eigenvalue weighted by Crippen LogP contribution is -2.14. The Kier molecular flexibility index (Phi) is 4.47. The first-order chi connectivity index (χ1) is 9.38. The third-order valence-electron chi connectivity index (χ3n) is 2.79. The molecule has 4 nitrogen and oxygen atoms in total. The van der Waals surface area contributed by atoms with Crippen LogP contribution in [0, 0.1) is 0 Å². The van der Waals surface area contributed by atoms with Crippen molar-refractivity contribution in [3.05, 3.63) is 58.6 Å². The van der Waals surface area contributed by atoms with E-state index in [-0.39, 0.29) is 10.9 Å². The SMILES string of the molecule is CC(N)c1cccc(S(=O)(=O)Nc2ccc(Br)cc2)c1. The van der Waals surface area contributed by atoms with Gasteiger partial charge in [0, 0.05) is 16.2 Å². The quantitative estimate of drug-likeness (QED) is 0.884. The summed E-state index contributed by atoms with van der Waals surface area (Å²) in [7, 11) is -3.60. The molecule has 0 amide bonds. The largest absolute Gasteiger partial charge is 0.324 e. The number of benzene rings is 2. The highest BCUT2D eigenvalue weighted by molar-refractivity contribution is 9.10. The van der Waals surface area contributed by atoms with Gasteiger partial charge in [0.15, 0.2) is 0 Å². The van der Waals surface area contributed by atoms with Crippen LogP contribution in [-0.4, -0.2) is 8.42 Å². The number of halogens is 1. The van der Waals surface area contributed by atoms with Crippen molar-refractivity contribution in [1.29, 1.82) is 0 Å². The Morgan fingerprint density at radius 2 is 1.80 bits per heavy atom. The minimum Gasteiger partial charge on any atom is -0.324 e. The van der Waals surface area contributed by atoms with Crippen LogP contribution in [-0.2, 0) is 10.0 Å². The van der Waals surface area contributed by atoms with Crippen molar-refractivity contribution in [2.45, 2.75) is 17.9 Å². The molecular formula is C14H15BrN2O2S. The average molecular weight is 355 g/mol. The maximum atomic E-state index is 12.3. The van der Waals surface area contributed by atoms with E-state index in [2.05, 4.69) is 20.7 Å². The van der Waals surface area contributed by atoms with Crippen LogP contribution in [0.3, 0.4) is 0 Å². The molecule has 0 radical (unpaired) electrons. The highest BCUT2D eigenvalue weighted by atomic mass is 79.9. The summed E-state index contributed by atoms with van der Waals surface area (Å²) in [4.78, 5) is 0.204. The van der Waals surface area contributed by atoms with E-state index >= 15 is 0 Å². The van der Waals surface area contributed by atoms with Crippen LogP contribution in [0.5, 0.6) is 0 Å². The van der Waals surface area contributed by atoms with Crippen molar-refractivity contribution < 1.29 is 8.42 Å². The van der Waals surface area contributed by atoms with E-state index < -0.39 is 10.0 Å². The van der Waals surface area contributed by atoms with Gasteiger partial charge in [-0.25, -0.2) is 8.42 Å². The van der Waals surface area contributed by atoms with Gasteiger partial charge >= 0.3 is 0 Å². The summed E-state index contributed by atoms with van der Waals surface area (Å²) < 4.78 is 28.0. The molecule has 0 aliphatic rings. The van der Waals surface area contributed by atoms with Crippen LogP contribution in [0.15, 0.2) is 57.9 Å². The predicted molar refractivity (Wildman–Crippen MR) is 84.0 cm³/mol. The zero-order chi connectivity index (χ0) is 14.8. The molecule has 106 valence electrons. The summed E-state index contributed by atoms with van der Waals surface area (Å²) in [5, 5.41) is 0. The molecule has 0 saturated heterocycles. The molecule has 0 heterocycles. The van der Waals surface area contributed by atoms with Gasteiger partial charge < -0.3 is 5.73 Å². The molecule has 3 N–H and O–H groups in total. The first-order valence-corrected chi connectivity index (χ1v) is 8.30. The molecule has 0 saturated carbocycles. The number of anilines is 1. The number of sulfonamides is 1. The van der Waals surface area contributed by atoms with Gasteiger partial charge in [-0.15, -0.1) is 0 Å². The Morgan fingerprint density at radius 3 is 2.40 bits per heavy atom. The topological polar surface area (TPSA) is 72.2 Å². The lowest BCUT2D eigenvalue weighted by molar-refractivity contribution is 0.601. The van der Waals surface area contributed by atoms with Crippen molar-refractivity contribution in [2.24, 2.45) is 5.73 Å². The number of hydrogen-bond donors (Lipinski definition) is 2. The summed E-state index contributed by atoms with van der Waals surface area (Å²) in [6, 6.07) is 13.4. The number of hydrogen-bond acceptors (Lipinski definition) is 3. The zero-order valence-corrected chi connectivity index (χ0v) is 13.3. The lowest BCUT2D eigenvalue weighted by Gasteiger charge is -2.11. The molecule has 20 heavy (non-hydrogen) atoms. The summed E-state index contributed by atoms with van der Waals surface area (Å²) in [5.74, 6) is 0. The first kappa shape index (κ1) is 15.0. The van der Waals surface area contributed by atoms with E-state index in [9.17, 15) is 8.42 Å². The first-order valence-electron chi connectivity index (χ1n) is 6.02. The summed E-state index contributed by atoms with van der Waals surface area (Å²) in [6.07, 6.45) is 0. The molecule has 6 heteroatoms.